The van der Waals surface area contributed by atoms with Gasteiger partial charge in [-0.15, -0.1) is 6.42 Å². The van der Waals surface area contributed by atoms with E-state index in [0.29, 0.717) is 12.2 Å². The highest BCUT2D eigenvalue weighted by molar-refractivity contribution is 5.94. The molecule has 1 rings (SSSR count). The Bertz CT molecular complexity index is 394. The Morgan fingerprint density at radius 3 is 2.69 bits per heavy atom. The minimum Gasteiger partial charge on any atom is -0.314 e. The van der Waals surface area contributed by atoms with Crippen LogP contribution >= 0.6 is 0 Å². The first-order chi connectivity index (χ1) is 7.65. The van der Waals surface area contributed by atoms with E-state index in [4.69, 9.17) is 6.42 Å². The number of carbonyl (C=O) groups is 1. The summed E-state index contributed by atoms with van der Waals surface area (Å²) in [4.78, 5) is 13.1. The lowest BCUT2D eigenvalue weighted by atomic mass is 10.3. The van der Waals surface area contributed by atoms with Crippen LogP contribution in [0.3, 0.4) is 0 Å². The van der Waals surface area contributed by atoms with E-state index in [-0.39, 0.29) is 18.3 Å². The van der Waals surface area contributed by atoms with Gasteiger partial charge in [0.05, 0.1) is 13.1 Å². The van der Waals surface area contributed by atoms with Gasteiger partial charge in [0.1, 0.15) is 5.82 Å². The molecule has 0 saturated heterocycles. The first kappa shape index (κ1) is 12.2. The van der Waals surface area contributed by atoms with E-state index in [2.05, 4.69) is 11.2 Å². The summed E-state index contributed by atoms with van der Waals surface area (Å²) in [5.41, 5.74) is 0.647. The Balaban J connectivity index is 2.57. The largest absolute Gasteiger partial charge is 0.314 e. The van der Waals surface area contributed by atoms with Crippen LogP contribution in [0.15, 0.2) is 24.3 Å². The summed E-state index contributed by atoms with van der Waals surface area (Å²) in [6.45, 7) is 0.515. The normalized spacial score (nSPS) is 9.56. The van der Waals surface area contributed by atoms with E-state index in [9.17, 15) is 9.18 Å². The Morgan fingerprint density at radius 2 is 2.12 bits per heavy atom. The quantitative estimate of drug-likeness (QED) is 0.606. The zero-order valence-electron chi connectivity index (χ0n) is 9.03. The maximum absolute atomic E-state index is 12.7. The highest BCUT2D eigenvalue weighted by atomic mass is 19.1. The standard InChI is InChI=1S/C12H13FN2O/c1-3-8-14-9-12(16)15(2)11-6-4-10(13)5-7-11/h1,4-7,14H,8-9H2,2H3. The van der Waals surface area contributed by atoms with Gasteiger partial charge in [-0.3, -0.25) is 10.1 Å². The molecule has 84 valence electrons. The van der Waals surface area contributed by atoms with Gasteiger partial charge in [-0.1, -0.05) is 5.92 Å². The summed E-state index contributed by atoms with van der Waals surface area (Å²) in [5, 5.41) is 2.80. The van der Waals surface area contributed by atoms with Crippen molar-refractivity contribution in [1.82, 2.24) is 5.32 Å². The minimum atomic E-state index is -0.324. The molecule has 0 aliphatic carbocycles. The SMILES string of the molecule is C#CCNCC(=O)N(C)c1ccc(F)cc1. The summed E-state index contributed by atoms with van der Waals surface area (Å²) >= 11 is 0. The minimum absolute atomic E-state index is 0.123. The van der Waals surface area contributed by atoms with Gasteiger partial charge < -0.3 is 4.90 Å². The number of amides is 1. The molecule has 0 radical (unpaired) electrons. The van der Waals surface area contributed by atoms with E-state index < -0.39 is 0 Å². The third-order valence-corrected chi connectivity index (χ3v) is 2.09. The van der Waals surface area contributed by atoms with Crippen molar-refractivity contribution in [3.05, 3.63) is 30.1 Å². The maximum Gasteiger partial charge on any atom is 0.240 e. The van der Waals surface area contributed by atoms with Crippen LogP contribution in [0.2, 0.25) is 0 Å². The molecule has 1 aromatic carbocycles. The predicted octanol–water partition coefficient (Wildman–Crippen LogP) is 1.01. The first-order valence-corrected chi connectivity index (χ1v) is 4.81. The van der Waals surface area contributed by atoms with Gasteiger partial charge in [-0.2, -0.15) is 0 Å². The third-order valence-electron chi connectivity index (χ3n) is 2.09. The number of carbonyl (C=O) groups excluding carboxylic acids is 1. The topological polar surface area (TPSA) is 32.3 Å². The molecule has 0 spiro atoms. The first-order valence-electron chi connectivity index (χ1n) is 4.81. The van der Waals surface area contributed by atoms with Gasteiger partial charge >= 0.3 is 0 Å². The molecule has 0 saturated carbocycles. The van der Waals surface area contributed by atoms with Crippen molar-refractivity contribution in [2.24, 2.45) is 0 Å². The van der Waals surface area contributed by atoms with Gasteiger partial charge in [0.25, 0.3) is 0 Å². The van der Waals surface area contributed by atoms with Gasteiger partial charge in [0, 0.05) is 12.7 Å². The predicted molar refractivity (Wildman–Crippen MR) is 61.5 cm³/mol. The molecular weight excluding hydrogens is 207 g/mol. The molecule has 0 aromatic heterocycles. The molecule has 0 unspecified atom stereocenters. The number of likely N-dealkylation sites (N-methyl/N-ethyl adjacent to an activating group) is 1. The molecule has 4 heteroatoms. The van der Waals surface area contributed by atoms with Crippen LogP contribution in [0, 0.1) is 18.2 Å². The molecule has 1 N–H and O–H groups in total. The molecule has 16 heavy (non-hydrogen) atoms. The van der Waals surface area contributed by atoms with Crippen LogP contribution < -0.4 is 10.2 Å². The van der Waals surface area contributed by atoms with Crippen molar-refractivity contribution in [3.8, 4) is 12.3 Å². The molecule has 0 fully saturated rings. The number of rotatable bonds is 4. The lowest BCUT2D eigenvalue weighted by Crippen LogP contribution is -2.35. The molecule has 0 aliphatic rings. The summed E-state index contributed by atoms with van der Waals surface area (Å²) in [5.74, 6) is 1.93. The molecule has 1 aromatic rings. The Labute approximate surface area is 94.3 Å². The van der Waals surface area contributed by atoms with Crippen LogP contribution in [0.25, 0.3) is 0 Å². The summed E-state index contributed by atoms with van der Waals surface area (Å²) in [7, 11) is 1.63. The Hall–Kier alpha value is -1.86. The van der Waals surface area contributed by atoms with Crippen molar-refractivity contribution in [1.29, 1.82) is 0 Å². The van der Waals surface area contributed by atoms with Crippen molar-refractivity contribution in [2.45, 2.75) is 0 Å². The van der Waals surface area contributed by atoms with Crippen LogP contribution in [-0.2, 0) is 4.79 Å². The Kier molecular flexibility index (Phi) is 4.49. The van der Waals surface area contributed by atoms with Gasteiger partial charge in [0.2, 0.25) is 5.91 Å². The second-order valence-electron chi connectivity index (χ2n) is 3.24. The van der Waals surface area contributed by atoms with E-state index >= 15 is 0 Å². The average molecular weight is 220 g/mol. The number of anilines is 1. The zero-order chi connectivity index (χ0) is 12.0. The number of nitrogens with zero attached hydrogens (tertiary/aromatic N) is 1. The lowest BCUT2D eigenvalue weighted by molar-refractivity contribution is -0.117. The van der Waals surface area contributed by atoms with Gasteiger partial charge in [-0.05, 0) is 24.3 Å². The van der Waals surface area contributed by atoms with Crippen LogP contribution in [0.5, 0.6) is 0 Å². The third kappa shape index (κ3) is 3.37. The highest BCUT2D eigenvalue weighted by Crippen LogP contribution is 2.12. The second kappa shape index (κ2) is 5.89. The number of hydrogen-bond acceptors (Lipinski definition) is 2. The van der Waals surface area contributed by atoms with Crippen molar-refractivity contribution >= 4 is 11.6 Å². The molecular formula is C12H13FN2O. The summed E-state index contributed by atoms with van der Waals surface area (Å²) < 4.78 is 12.7. The van der Waals surface area contributed by atoms with Gasteiger partial charge in [-0.25, -0.2) is 4.39 Å². The summed E-state index contributed by atoms with van der Waals surface area (Å²) in [6, 6.07) is 5.73. The summed E-state index contributed by atoms with van der Waals surface area (Å²) in [6.07, 6.45) is 5.04. The second-order valence-corrected chi connectivity index (χ2v) is 3.24. The fourth-order valence-corrected chi connectivity index (χ4v) is 1.17. The average Bonchev–Trinajstić information content (AvgIpc) is 2.29. The number of hydrogen-bond donors (Lipinski definition) is 1. The molecule has 0 heterocycles. The van der Waals surface area contributed by atoms with E-state index in [1.807, 2.05) is 0 Å². The maximum atomic E-state index is 12.7. The van der Waals surface area contributed by atoms with E-state index in [1.165, 1.54) is 17.0 Å². The van der Waals surface area contributed by atoms with Crippen molar-refractivity contribution in [3.63, 3.8) is 0 Å². The van der Waals surface area contributed by atoms with Crippen molar-refractivity contribution < 1.29 is 9.18 Å². The smallest absolute Gasteiger partial charge is 0.240 e. The number of benzene rings is 1. The number of terminal acetylenes is 1. The Morgan fingerprint density at radius 1 is 1.50 bits per heavy atom. The zero-order valence-corrected chi connectivity index (χ0v) is 9.03. The highest BCUT2D eigenvalue weighted by Gasteiger charge is 2.09. The molecule has 1 amide bonds. The van der Waals surface area contributed by atoms with Crippen LogP contribution in [-0.4, -0.2) is 26.0 Å². The van der Waals surface area contributed by atoms with E-state index in [0.717, 1.165) is 0 Å². The monoisotopic (exact) mass is 220 g/mol. The number of halogens is 1. The van der Waals surface area contributed by atoms with Crippen molar-refractivity contribution in [2.75, 3.05) is 25.0 Å². The van der Waals surface area contributed by atoms with Gasteiger partial charge in [0.15, 0.2) is 0 Å². The lowest BCUT2D eigenvalue weighted by Gasteiger charge is -2.17. The molecule has 0 atom stereocenters. The van der Waals surface area contributed by atoms with Crippen LogP contribution in [0.1, 0.15) is 0 Å². The fraction of sp³-hybridized carbons (Fsp3) is 0.250. The fourth-order valence-electron chi connectivity index (χ4n) is 1.17. The molecule has 0 aliphatic heterocycles. The molecule has 3 nitrogen and oxygen atoms in total. The van der Waals surface area contributed by atoms with Crippen LogP contribution in [0.4, 0.5) is 10.1 Å². The number of nitrogens with one attached hydrogen (secondary N) is 1. The van der Waals surface area contributed by atoms with E-state index in [1.54, 1.807) is 19.2 Å². The molecule has 0 bridgehead atoms.